The fourth-order valence-corrected chi connectivity index (χ4v) is 3.97. The molecule has 3 aromatic rings. The fraction of sp³-hybridized carbons (Fsp3) is 0.536. The topological polar surface area (TPSA) is 106 Å². The number of amides is 2. The van der Waals surface area contributed by atoms with E-state index >= 15 is 0 Å². The molecule has 0 radical (unpaired) electrons. The van der Waals surface area contributed by atoms with E-state index in [4.69, 9.17) is 9.15 Å². The molecule has 0 unspecified atom stereocenters. The van der Waals surface area contributed by atoms with Gasteiger partial charge in [0.1, 0.15) is 6.10 Å². The Hall–Kier alpha value is -3.33. The second-order valence-corrected chi connectivity index (χ2v) is 9.10. The predicted molar refractivity (Wildman–Crippen MR) is 144 cm³/mol. The maximum Gasteiger partial charge on any atom is 0.321 e. The minimum absolute atomic E-state index is 0.117. The van der Waals surface area contributed by atoms with Gasteiger partial charge in [-0.2, -0.15) is 0 Å². The average Bonchev–Trinajstić information content (AvgIpc) is 3.39. The number of rotatable bonds is 15. The third-order valence-corrected chi connectivity index (χ3v) is 6.07. The fourth-order valence-electron chi connectivity index (χ4n) is 3.97. The lowest BCUT2D eigenvalue weighted by Crippen LogP contribution is -2.37. The second-order valence-electron chi connectivity index (χ2n) is 9.10. The summed E-state index contributed by atoms with van der Waals surface area (Å²) in [5.41, 5.74) is 2.53. The highest BCUT2D eigenvalue weighted by atomic mass is 16.5. The Bertz CT molecular complexity index is 1090. The highest BCUT2D eigenvalue weighted by Crippen LogP contribution is 2.24. The molecule has 0 aliphatic rings. The van der Waals surface area contributed by atoms with Gasteiger partial charge in [-0.25, -0.2) is 14.8 Å². The molecule has 200 valence electrons. The molecule has 0 aliphatic carbocycles. The molecule has 0 aliphatic heterocycles. The first-order valence-electron chi connectivity index (χ1n) is 13.4. The van der Waals surface area contributed by atoms with Crippen molar-refractivity contribution < 1.29 is 13.9 Å². The standard InChI is InChI=1S/C28H40N6O3/c1-5-8-9-10-11-16-29-28(35)34(4)23-15-12-14-22(18-23)26-30-19-21(20-31-26)17-24(36-7-3)27-33-32-25(37-27)13-6-2/h12,14-15,18-20,24H,5-11,13,16-17H2,1-4H3,(H,29,35)/t24-/m0/s1. The summed E-state index contributed by atoms with van der Waals surface area (Å²) in [6.07, 6.45) is 11.3. The summed E-state index contributed by atoms with van der Waals surface area (Å²) < 4.78 is 11.6. The summed E-state index contributed by atoms with van der Waals surface area (Å²) in [6.45, 7) is 7.42. The van der Waals surface area contributed by atoms with Crippen LogP contribution in [0.3, 0.4) is 0 Å². The maximum atomic E-state index is 12.6. The molecule has 1 aromatic carbocycles. The number of carbonyl (C=O) groups is 1. The Balaban J connectivity index is 1.61. The van der Waals surface area contributed by atoms with E-state index in [2.05, 4.69) is 39.3 Å². The summed E-state index contributed by atoms with van der Waals surface area (Å²) in [5, 5.41) is 11.3. The van der Waals surface area contributed by atoms with E-state index in [1.165, 1.54) is 19.3 Å². The van der Waals surface area contributed by atoms with Crippen LogP contribution in [-0.2, 0) is 17.6 Å². The van der Waals surface area contributed by atoms with Crippen molar-refractivity contribution in [3.63, 3.8) is 0 Å². The molecular formula is C28H40N6O3. The van der Waals surface area contributed by atoms with Crippen molar-refractivity contribution in [1.29, 1.82) is 0 Å². The number of nitrogens with zero attached hydrogens (tertiary/aromatic N) is 5. The summed E-state index contributed by atoms with van der Waals surface area (Å²) in [7, 11) is 1.77. The highest BCUT2D eigenvalue weighted by molar-refractivity contribution is 5.92. The molecule has 0 bridgehead atoms. The third kappa shape index (κ3) is 8.63. The molecule has 1 atom stereocenters. The molecule has 0 saturated carbocycles. The number of aromatic nitrogens is 4. The summed E-state index contributed by atoms with van der Waals surface area (Å²) in [4.78, 5) is 23.3. The van der Waals surface area contributed by atoms with Gasteiger partial charge in [-0.3, -0.25) is 4.90 Å². The zero-order chi connectivity index (χ0) is 26.5. The molecule has 2 amide bonds. The van der Waals surface area contributed by atoms with Gasteiger partial charge in [0.2, 0.25) is 11.8 Å². The molecular weight excluding hydrogens is 468 g/mol. The van der Waals surface area contributed by atoms with Crippen LogP contribution in [0.5, 0.6) is 0 Å². The maximum absolute atomic E-state index is 12.6. The van der Waals surface area contributed by atoms with Crippen molar-refractivity contribution in [2.45, 2.75) is 78.2 Å². The number of anilines is 1. The summed E-state index contributed by atoms with van der Waals surface area (Å²) >= 11 is 0. The van der Waals surface area contributed by atoms with Crippen molar-refractivity contribution in [2.24, 2.45) is 0 Å². The normalized spacial score (nSPS) is 11.9. The molecule has 3 rings (SSSR count). The van der Waals surface area contributed by atoms with Crippen molar-refractivity contribution in [1.82, 2.24) is 25.5 Å². The Kier molecular flexibility index (Phi) is 11.5. The van der Waals surface area contributed by atoms with Crippen LogP contribution < -0.4 is 10.2 Å². The van der Waals surface area contributed by atoms with Crippen molar-refractivity contribution in [3.8, 4) is 11.4 Å². The number of unbranched alkanes of at least 4 members (excludes halogenated alkanes) is 4. The molecule has 1 N–H and O–H groups in total. The molecule has 0 fully saturated rings. The lowest BCUT2D eigenvalue weighted by molar-refractivity contribution is 0.0421. The van der Waals surface area contributed by atoms with Gasteiger partial charge >= 0.3 is 6.03 Å². The number of benzene rings is 1. The van der Waals surface area contributed by atoms with E-state index in [-0.39, 0.29) is 12.1 Å². The summed E-state index contributed by atoms with van der Waals surface area (Å²) in [5.74, 6) is 1.69. The SMILES string of the molecule is CCCCCCCNC(=O)N(C)c1cccc(-c2ncc(C[C@H](OCC)c3nnc(CCC)o3)cn2)c1. The van der Waals surface area contributed by atoms with Crippen LogP contribution in [0.2, 0.25) is 0 Å². The number of hydrogen-bond donors (Lipinski definition) is 1. The molecule has 0 spiro atoms. The Morgan fingerprint density at radius 2 is 1.84 bits per heavy atom. The van der Waals surface area contributed by atoms with E-state index in [0.29, 0.717) is 37.2 Å². The smallest absolute Gasteiger partial charge is 0.321 e. The number of carbonyl (C=O) groups excluding carboxylic acids is 1. The molecule has 2 aromatic heterocycles. The molecule has 0 saturated heterocycles. The number of aryl methyl sites for hydroxylation is 1. The Labute approximate surface area is 220 Å². The van der Waals surface area contributed by atoms with E-state index in [0.717, 1.165) is 42.5 Å². The van der Waals surface area contributed by atoms with Gasteiger partial charge in [0.05, 0.1) is 0 Å². The number of ether oxygens (including phenoxy) is 1. The molecule has 9 heteroatoms. The van der Waals surface area contributed by atoms with Crippen LogP contribution in [0, 0.1) is 0 Å². The quantitative estimate of drug-likeness (QED) is 0.254. The van der Waals surface area contributed by atoms with Crippen molar-refractivity contribution in [2.75, 3.05) is 25.1 Å². The minimum Gasteiger partial charge on any atom is -0.422 e. The number of hydrogen-bond acceptors (Lipinski definition) is 7. The van der Waals surface area contributed by atoms with E-state index in [1.807, 2.05) is 31.2 Å². The predicted octanol–water partition coefficient (Wildman–Crippen LogP) is 5.92. The Morgan fingerprint density at radius 3 is 2.57 bits per heavy atom. The van der Waals surface area contributed by atoms with E-state index in [9.17, 15) is 4.79 Å². The van der Waals surface area contributed by atoms with Crippen LogP contribution in [0.15, 0.2) is 41.1 Å². The lowest BCUT2D eigenvalue weighted by Gasteiger charge is -2.19. The highest BCUT2D eigenvalue weighted by Gasteiger charge is 2.20. The molecule has 37 heavy (non-hydrogen) atoms. The number of urea groups is 1. The van der Waals surface area contributed by atoms with Crippen LogP contribution in [-0.4, -0.2) is 46.4 Å². The van der Waals surface area contributed by atoms with Gasteiger partial charge in [0.25, 0.3) is 0 Å². The third-order valence-electron chi connectivity index (χ3n) is 6.07. The monoisotopic (exact) mass is 508 g/mol. The van der Waals surface area contributed by atoms with Gasteiger partial charge in [-0.1, -0.05) is 51.7 Å². The average molecular weight is 509 g/mol. The first kappa shape index (κ1) is 28.2. The second kappa shape index (κ2) is 15.0. The first-order chi connectivity index (χ1) is 18.0. The van der Waals surface area contributed by atoms with Gasteiger partial charge < -0.3 is 14.5 Å². The van der Waals surface area contributed by atoms with Gasteiger partial charge in [-0.05, 0) is 37.5 Å². The first-order valence-corrected chi connectivity index (χ1v) is 13.4. The van der Waals surface area contributed by atoms with Gasteiger partial charge in [0, 0.05) is 56.7 Å². The molecule has 2 heterocycles. The van der Waals surface area contributed by atoms with Crippen LogP contribution in [0.25, 0.3) is 11.4 Å². The van der Waals surface area contributed by atoms with Crippen molar-refractivity contribution >= 4 is 11.7 Å². The van der Waals surface area contributed by atoms with Gasteiger partial charge in [0.15, 0.2) is 5.82 Å². The Morgan fingerprint density at radius 1 is 1.05 bits per heavy atom. The lowest BCUT2D eigenvalue weighted by atomic mass is 10.1. The minimum atomic E-state index is -0.348. The van der Waals surface area contributed by atoms with Crippen molar-refractivity contribution in [3.05, 3.63) is 54.0 Å². The van der Waals surface area contributed by atoms with Gasteiger partial charge in [-0.15, -0.1) is 10.2 Å². The zero-order valence-corrected chi connectivity index (χ0v) is 22.6. The zero-order valence-electron chi connectivity index (χ0n) is 22.6. The largest absolute Gasteiger partial charge is 0.422 e. The number of nitrogens with one attached hydrogen (secondary N) is 1. The van der Waals surface area contributed by atoms with Crippen LogP contribution in [0.4, 0.5) is 10.5 Å². The summed E-state index contributed by atoms with van der Waals surface area (Å²) in [6, 6.07) is 7.56. The van der Waals surface area contributed by atoms with E-state index in [1.54, 1.807) is 24.3 Å². The van der Waals surface area contributed by atoms with Crippen LogP contribution >= 0.6 is 0 Å². The molecule has 9 nitrogen and oxygen atoms in total. The van der Waals surface area contributed by atoms with Crippen LogP contribution in [0.1, 0.15) is 82.7 Å². The van der Waals surface area contributed by atoms with E-state index < -0.39 is 0 Å².